The summed E-state index contributed by atoms with van der Waals surface area (Å²) in [7, 11) is 1.32. The molecule has 0 aliphatic carbocycles. The molecule has 8 heteroatoms. The number of ether oxygens (including phenoxy) is 3. The Morgan fingerprint density at radius 3 is 2.17 bits per heavy atom. The van der Waals surface area contributed by atoms with Gasteiger partial charge in [0, 0.05) is 10.7 Å². The quantitative estimate of drug-likeness (QED) is 0.334. The van der Waals surface area contributed by atoms with Gasteiger partial charge in [0.15, 0.2) is 0 Å². The Morgan fingerprint density at radius 2 is 1.57 bits per heavy atom. The minimum atomic E-state index is -0.788. The number of methoxy groups -OCH3 is 1. The van der Waals surface area contributed by atoms with E-state index in [-0.39, 0.29) is 12.5 Å². The smallest absolute Gasteiger partial charge is 0.338 e. The molecule has 1 fully saturated rings. The van der Waals surface area contributed by atoms with E-state index in [9.17, 15) is 14.4 Å². The summed E-state index contributed by atoms with van der Waals surface area (Å²) in [5.41, 5.74) is 2.99. The van der Waals surface area contributed by atoms with Crippen molar-refractivity contribution in [2.45, 2.75) is 26.0 Å². The average Bonchev–Trinajstić information content (AvgIpc) is 2.86. The van der Waals surface area contributed by atoms with Gasteiger partial charge < -0.3 is 14.2 Å². The first kappa shape index (κ1) is 24.3. The minimum Gasteiger partial charge on any atom is -0.478 e. The zero-order valence-electron chi connectivity index (χ0n) is 19.5. The molecule has 1 aliphatic heterocycles. The molecule has 1 heterocycles. The summed E-state index contributed by atoms with van der Waals surface area (Å²) in [6.07, 6.45) is -0.788. The second-order valence-corrected chi connectivity index (χ2v) is 8.42. The van der Waals surface area contributed by atoms with Gasteiger partial charge in [-0.05, 0) is 79.6 Å². The molecule has 1 aliphatic rings. The number of β-lactam (4-membered cyclic amide) rings is 1. The van der Waals surface area contributed by atoms with Crippen LogP contribution in [0.1, 0.15) is 44.8 Å². The molecule has 3 aromatic rings. The molecule has 0 spiro atoms. The Hall–Kier alpha value is -3.84. The van der Waals surface area contributed by atoms with E-state index in [1.807, 2.05) is 6.92 Å². The van der Waals surface area contributed by atoms with Crippen LogP contribution >= 0.6 is 11.6 Å². The Bertz CT molecular complexity index is 1260. The number of benzene rings is 3. The molecule has 0 bridgehead atoms. The third kappa shape index (κ3) is 4.86. The number of carbonyl (C=O) groups is 3. The number of amides is 1. The fourth-order valence-electron chi connectivity index (χ4n) is 3.98. The zero-order chi connectivity index (χ0) is 25.1. The number of halogens is 1. The summed E-state index contributed by atoms with van der Waals surface area (Å²) < 4.78 is 16.0. The van der Waals surface area contributed by atoms with E-state index in [0.29, 0.717) is 27.6 Å². The van der Waals surface area contributed by atoms with Crippen LogP contribution in [0.3, 0.4) is 0 Å². The van der Waals surface area contributed by atoms with Crippen molar-refractivity contribution < 1.29 is 28.6 Å². The molecular weight excluding hydrogens is 470 g/mol. The van der Waals surface area contributed by atoms with E-state index < -0.39 is 24.1 Å². The highest BCUT2D eigenvalue weighted by molar-refractivity contribution is 6.30. The predicted molar refractivity (Wildman–Crippen MR) is 131 cm³/mol. The largest absolute Gasteiger partial charge is 0.478 e. The van der Waals surface area contributed by atoms with E-state index in [0.717, 1.165) is 11.1 Å². The third-order valence-electron chi connectivity index (χ3n) is 5.77. The number of hydrogen-bond donors (Lipinski definition) is 0. The van der Waals surface area contributed by atoms with Crippen molar-refractivity contribution in [3.8, 4) is 5.75 Å². The maximum atomic E-state index is 13.3. The SMILES string of the molecule is CCOC(=O)c1ccc(N2C(=O)C(Oc3ccc(Cl)cc3C)C2c2ccc(C(=O)OC)cc2)cc1. The summed E-state index contributed by atoms with van der Waals surface area (Å²) in [4.78, 5) is 38.8. The number of hydrogen-bond acceptors (Lipinski definition) is 6. The van der Waals surface area contributed by atoms with Gasteiger partial charge in [-0.25, -0.2) is 9.59 Å². The molecule has 180 valence electrons. The highest BCUT2D eigenvalue weighted by Gasteiger charge is 2.51. The maximum Gasteiger partial charge on any atom is 0.338 e. The van der Waals surface area contributed by atoms with Gasteiger partial charge in [-0.15, -0.1) is 0 Å². The molecule has 2 unspecified atom stereocenters. The van der Waals surface area contributed by atoms with E-state index in [4.69, 9.17) is 25.8 Å². The van der Waals surface area contributed by atoms with Crippen LogP contribution in [0.15, 0.2) is 66.7 Å². The van der Waals surface area contributed by atoms with Crippen LogP contribution in [0.2, 0.25) is 5.02 Å². The van der Waals surface area contributed by atoms with Gasteiger partial charge in [0.1, 0.15) is 11.8 Å². The number of aryl methyl sites for hydroxylation is 1. The standard InChI is InChI=1S/C27H24ClNO6/c1-4-34-27(32)19-9-12-21(13-10-19)29-23(17-5-7-18(8-6-17)26(31)33-3)24(25(29)30)35-22-14-11-20(28)15-16(22)2/h5-15,23-24H,4H2,1-3H3. The summed E-state index contributed by atoms with van der Waals surface area (Å²) in [5, 5.41) is 0.577. The van der Waals surface area contributed by atoms with Gasteiger partial charge in [0.25, 0.3) is 5.91 Å². The number of anilines is 1. The molecule has 1 saturated heterocycles. The lowest BCUT2D eigenvalue weighted by Gasteiger charge is -2.46. The maximum absolute atomic E-state index is 13.3. The van der Waals surface area contributed by atoms with Crippen molar-refractivity contribution in [2.24, 2.45) is 0 Å². The number of nitrogens with zero attached hydrogens (tertiary/aromatic N) is 1. The molecule has 4 rings (SSSR count). The lowest BCUT2D eigenvalue weighted by Crippen LogP contribution is -2.61. The van der Waals surface area contributed by atoms with Gasteiger partial charge in [-0.1, -0.05) is 23.7 Å². The molecule has 2 atom stereocenters. The Kier molecular flexibility index (Phi) is 7.07. The first-order valence-corrected chi connectivity index (χ1v) is 11.4. The van der Waals surface area contributed by atoms with E-state index in [2.05, 4.69) is 0 Å². The summed E-state index contributed by atoms with van der Waals surface area (Å²) in [6, 6.07) is 18.2. The van der Waals surface area contributed by atoms with Gasteiger partial charge in [0.2, 0.25) is 6.10 Å². The third-order valence-corrected chi connectivity index (χ3v) is 6.00. The van der Waals surface area contributed by atoms with Crippen molar-refractivity contribution in [1.29, 1.82) is 0 Å². The second kappa shape index (κ2) is 10.2. The number of esters is 2. The molecular formula is C27H24ClNO6. The van der Waals surface area contributed by atoms with Crippen LogP contribution in [0.25, 0.3) is 0 Å². The van der Waals surface area contributed by atoms with Gasteiger partial charge in [-0.2, -0.15) is 0 Å². The number of rotatable bonds is 7. The van der Waals surface area contributed by atoms with Crippen molar-refractivity contribution >= 4 is 35.1 Å². The number of carbonyl (C=O) groups excluding carboxylic acids is 3. The fraction of sp³-hybridized carbons (Fsp3) is 0.222. The normalized spacial score (nSPS) is 16.9. The van der Waals surface area contributed by atoms with Crippen LogP contribution < -0.4 is 9.64 Å². The molecule has 0 N–H and O–H groups in total. The van der Waals surface area contributed by atoms with Crippen LogP contribution in [0, 0.1) is 6.92 Å². The Balaban J connectivity index is 1.67. The van der Waals surface area contributed by atoms with Gasteiger partial charge in [-0.3, -0.25) is 9.69 Å². The van der Waals surface area contributed by atoms with Crippen molar-refractivity contribution in [3.63, 3.8) is 0 Å². The predicted octanol–water partition coefficient (Wildman–Crippen LogP) is 5.15. The summed E-state index contributed by atoms with van der Waals surface area (Å²) in [6.45, 7) is 3.87. The lowest BCUT2D eigenvalue weighted by molar-refractivity contribution is -0.135. The molecule has 7 nitrogen and oxygen atoms in total. The summed E-state index contributed by atoms with van der Waals surface area (Å²) >= 11 is 6.06. The van der Waals surface area contributed by atoms with Crippen molar-refractivity contribution in [1.82, 2.24) is 0 Å². The van der Waals surface area contributed by atoms with Crippen molar-refractivity contribution in [3.05, 3.63) is 94.0 Å². The van der Waals surface area contributed by atoms with Crippen LogP contribution in [-0.4, -0.2) is 37.7 Å². The highest BCUT2D eigenvalue weighted by Crippen LogP contribution is 2.42. The topological polar surface area (TPSA) is 82.1 Å². The summed E-state index contributed by atoms with van der Waals surface area (Å²) in [5.74, 6) is -0.549. The highest BCUT2D eigenvalue weighted by atomic mass is 35.5. The molecule has 3 aromatic carbocycles. The molecule has 0 aromatic heterocycles. The molecule has 1 amide bonds. The zero-order valence-corrected chi connectivity index (χ0v) is 20.2. The van der Waals surface area contributed by atoms with Crippen molar-refractivity contribution in [2.75, 3.05) is 18.6 Å². The molecule has 0 saturated carbocycles. The van der Waals surface area contributed by atoms with Gasteiger partial charge >= 0.3 is 11.9 Å². The lowest BCUT2D eigenvalue weighted by atomic mass is 9.89. The monoisotopic (exact) mass is 493 g/mol. The fourth-order valence-corrected chi connectivity index (χ4v) is 4.20. The van der Waals surface area contributed by atoms with Crippen LogP contribution in [-0.2, 0) is 14.3 Å². The molecule has 35 heavy (non-hydrogen) atoms. The minimum absolute atomic E-state index is 0.231. The van der Waals surface area contributed by atoms with E-state index in [1.54, 1.807) is 78.6 Å². The first-order valence-electron chi connectivity index (χ1n) is 11.1. The molecule has 0 radical (unpaired) electrons. The van der Waals surface area contributed by atoms with E-state index >= 15 is 0 Å². The second-order valence-electron chi connectivity index (χ2n) is 7.98. The Labute approximate surface area is 208 Å². The first-order chi connectivity index (χ1) is 16.8. The van der Waals surface area contributed by atoms with E-state index in [1.165, 1.54) is 7.11 Å². The average molecular weight is 494 g/mol. The van der Waals surface area contributed by atoms with Crippen LogP contribution in [0.4, 0.5) is 5.69 Å². The van der Waals surface area contributed by atoms with Gasteiger partial charge in [0.05, 0.1) is 24.8 Å². The Morgan fingerprint density at radius 1 is 0.943 bits per heavy atom. The van der Waals surface area contributed by atoms with Crippen LogP contribution in [0.5, 0.6) is 5.75 Å².